The minimum Gasteiger partial charge on any atom is -0.378 e. The number of anilines is 3. The second-order valence-electron chi connectivity index (χ2n) is 11.0. The minimum atomic E-state index is -0.643. The number of aryl methyl sites for hydroxylation is 2. The van der Waals surface area contributed by atoms with E-state index < -0.39 is 11.8 Å². The summed E-state index contributed by atoms with van der Waals surface area (Å²) in [6, 6.07) is 16.2. The number of halogens is 1. The van der Waals surface area contributed by atoms with Crippen molar-refractivity contribution in [1.29, 1.82) is 0 Å². The van der Waals surface area contributed by atoms with E-state index in [9.17, 15) is 9.59 Å². The lowest BCUT2D eigenvalue weighted by Crippen LogP contribution is -2.37. The number of carbonyl (C=O) groups excluding carboxylic acids is 2. The summed E-state index contributed by atoms with van der Waals surface area (Å²) in [5.41, 5.74) is 4.68. The number of ether oxygens (including phenoxy) is 1. The molecule has 3 heterocycles. The molecule has 1 aliphatic heterocycles. The molecule has 0 saturated carbocycles. The van der Waals surface area contributed by atoms with E-state index in [1.165, 1.54) is 17.0 Å². The molecule has 1 fully saturated rings. The number of benzene rings is 3. The van der Waals surface area contributed by atoms with Crippen molar-refractivity contribution in [2.75, 3.05) is 55.9 Å². The highest BCUT2D eigenvalue weighted by Gasteiger charge is 2.21. The lowest BCUT2D eigenvalue weighted by molar-refractivity contribution is 0.0827. The van der Waals surface area contributed by atoms with Gasteiger partial charge in [-0.3, -0.25) is 4.79 Å². The first-order valence-electron chi connectivity index (χ1n) is 14.5. The molecule has 6 rings (SSSR count). The third kappa shape index (κ3) is 6.18. The molecule has 230 valence electrons. The van der Waals surface area contributed by atoms with Gasteiger partial charge < -0.3 is 29.7 Å². The van der Waals surface area contributed by atoms with Crippen LogP contribution in [0.5, 0.6) is 0 Å². The third-order valence-corrected chi connectivity index (χ3v) is 7.58. The van der Waals surface area contributed by atoms with Crippen molar-refractivity contribution >= 4 is 40.0 Å². The number of morpholine rings is 1. The summed E-state index contributed by atoms with van der Waals surface area (Å²) in [6.07, 6.45) is 0. The van der Waals surface area contributed by atoms with Gasteiger partial charge in [0.2, 0.25) is 0 Å². The lowest BCUT2D eigenvalue weighted by atomic mass is 10.0. The van der Waals surface area contributed by atoms with E-state index in [1.54, 1.807) is 44.4 Å². The fraction of sp³-hybridized carbons (Fsp3) is 0.242. The van der Waals surface area contributed by atoms with Gasteiger partial charge in [-0.05, 0) is 74.0 Å². The highest BCUT2D eigenvalue weighted by Crippen LogP contribution is 2.34. The van der Waals surface area contributed by atoms with Crippen LogP contribution in [0.15, 0.2) is 65.2 Å². The molecule has 1 saturated heterocycles. The molecule has 2 aromatic heterocycles. The van der Waals surface area contributed by atoms with E-state index in [1.807, 2.05) is 32.0 Å². The quantitative estimate of drug-likeness (QED) is 0.244. The maximum atomic E-state index is 15.4. The summed E-state index contributed by atoms with van der Waals surface area (Å²) in [6.45, 7) is 6.24. The number of amides is 3. The molecule has 1 aliphatic rings. The van der Waals surface area contributed by atoms with E-state index in [0.717, 1.165) is 28.0 Å². The number of fused-ring (bicyclic) bond motifs is 1. The predicted molar refractivity (Wildman–Crippen MR) is 170 cm³/mol. The molecular weight excluding hydrogens is 577 g/mol. The summed E-state index contributed by atoms with van der Waals surface area (Å²) in [5, 5.41) is 10.1. The van der Waals surface area contributed by atoms with Gasteiger partial charge in [0, 0.05) is 54.9 Å². The number of aromatic nitrogens is 3. The van der Waals surface area contributed by atoms with Gasteiger partial charge in [0.1, 0.15) is 17.4 Å². The number of rotatable bonds is 6. The SMILES string of the molecule is Cc1noc(C)c1-c1ccc2c(N3CCOCC3)nc(-c3ccc(NC(=O)Nc4ccc(C(=O)N(C)C)cc4)c(F)c3)nc2c1. The second-order valence-corrected chi connectivity index (χ2v) is 11.0. The van der Waals surface area contributed by atoms with Crippen LogP contribution in [0.4, 0.5) is 26.4 Å². The normalized spacial score (nSPS) is 13.1. The van der Waals surface area contributed by atoms with Crippen molar-refractivity contribution in [3.8, 4) is 22.5 Å². The molecule has 0 atom stereocenters. The molecule has 11 nitrogen and oxygen atoms in total. The molecule has 5 aromatic rings. The van der Waals surface area contributed by atoms with Gasteiger partial charge >= 0.3 is 6.03 Å². The van der Waals surface area contributed by atoms with E-state index in [0.29, 0.717) is 60.2 Å². The Morgan fingerprint density at radius 2 is 1.64 bits per heavy atom. The van der Waals surface area contributed by atoms with Crippen molar-refractivity contribution < 1.29 is 23.2 Å². The zero-order valence-electron chi connectivity index (χ0n) is 25.3. The molecule has 0 spiro atoms. The summed E-state index contributed by atoms with van der Waals surface area (Å²) >= 11 is 0. The Morgan fingerprint density at radius 3 is 2.31 bits per heavy atom. The topological polar surface area (TPSA) is 126 Å². The first-order chi connectivity index (χ1) is 21.7. The van der Waals surface area contributed by atoms with Gasteiger partial charge in [-0.2, -0.15) is 0 Å². The van der Waals surface area contributed by atoms with Crippen LogP contribution < -0.4 is 15.5 Å². The highest BCUT2D eigenvalue weighted by atomic mass is 19.1. The van der Waals surface area contributed by atoms with Crippen molar-refractivity contribution in [3.63, 3.8) is 0 Å². The number of nitrogens with one attached hydrogen (secondary N) is 2. The van der Waals surface area contributed by atoms with Crippen molar-refractivity contribution in [2.24, 2.45) is 0 Å². The van der Waals surface area contributed by atoms with Crippen LogP contribution in [0.2, 0.25) is 0 Å². The van der Waals surface area contributed by atoms with Crippen molar-refractivity contribution in [1.82, 2.24) is 20.0 Å². The summed E-state index contributed by atoms with van der Waals surface area (Å²) in [7, 11) is 3.32. The zero-order valence-corrected chi connectivity index (χ0v) is 25.3. The van der Waals surface area contributed by atoms with E-state index in [-0.39, 0.29) is 11.6 Å². The second kappa shape index (κ2) is 12.3. The van der Waals surface area contributed by atoms with Gasteiger partial charge in [-0.15, -0.1) is 0 Å². The van der Waals surface area contributed by atoms with Crippen molar-refractivity contribution in [3.05, 3.63) is 83.5 Å². The number of urea groups is 1. The Morgan fingerprint density at radius 1 is 0.911 bits per heavy atom. The zero-order chi connectivity index (χ0) is 31.7. The van der Waals surface area contributed by atoms with Crippen LogP contribution in [-0.2, 0) is 4.74 Å². The van der Waals surface area contributed by atoms with Crippen LogP contribution in [0.1, 0.15) is 21.8 Å². The first-order valence-corrected chi connectivity index (χ1v) is 14.5. The standard InChI is InChI=1S/C33H32FN7O4/c1-19-29(20(2)45-39-19)22-7-11-25-28(18-22)36-30(38-31(25)41-13-15-44-16-14-41)23-8-12-27(26(34)17-23)37-33(43)35-24-9-5-21(6-10-24)32(42)40(3)4/h5-12,17-18H,13-16H2,1-4H3,(H2,35,37,43). The Kier molecular flexibility index (Phi) is 8.14. The average molecular weight is 610 g/mol. The maximum Gasteiger partial charge on any atom is 0.323 e. The Labute approximate surface area is 259 Å². The predicted octanol–water partition coefficient (Wildman–Crippen LogP) is 5.89. The van der Waals surface area contributed by atoms with Crippen LogP contribution in [0.3, 0.4) is 0 Å². The molecule has 2 N–H and O–H groups in total. The summed E-state index contributed by atoms with van der Waals surface area (Å²) in [4.78, 5) is 38.1. The molecule has 0 aliphatic carbocycles. The van der Waals surface area contributed by atoms with E-state index in [2.05, 4.69) is 20.7 Å². The van der Waals surface area contributed by atoms with E-state index in [4.69, 9.17) is 19.2 Å². The molecule has 0 bridgehead atoms. The highest BCUT2D eigenvalue weighted by molar-refractivity contribution is 6.01. The average Bonchev–Trinajstić information content (AvgIpc) is 3.38. The lowest BCUT2D eigenvalue weighted by Gasteiger charge is -2.29. The largest absolute Gasteiger partial charge is 0.378 e. The summed E-state index contributed by atoms with van der Waals surface area (Å²) < 4.78 is 26.3. The van der Waals surface area contributed by atoms with Gasteiger partial charge in [-0.1, -0.05) is 11.2 Å². The Bertz CT molecular complexity index is 1880. The van der Waals surface area contributed by atoms with Gasteiger partial charge in [0.05, 0.1) is 30.1 Å². The monoisotopic (exact) mass is 609 g/mol. The maximum absolute atomic E-state index is 15.4. The Balaban J connectivity index is 1.28. The third-order valence-electron chi connectivity index (χ3n) is 7.58. The van der Waals surface area contributed by atoms with Gasteiger partial charge in [0.25, 0.3) is 5.91 Å². The molecule has 0 unspecified atom stereocenters. The Hall–Kier alpha value is -5.36. The molecular formula is C33H32FN7O4. The number of hydrogen-bond donors (Lipinski definition) is 2. The van der Waals surface area contributed by atoms with Crippen molar-refractivity contribution in [2.45, 2.75) is 13.8 Å². The van der Waals surface area contributed by atoms with Crippen LogP contribution >= 0.6 is 0 Å². The molecule has 12 heteroatoms. The number of carbonyl (C=O) groups is 2. The van der Waals surface area contributed by atoms with Crippen LogP contribution in [0, 0.1) is 19.7 Å². The molecule has 45 heavy (non-hydrogen) atoms. The fourth-order valence-electron chi connectivity index (χ4n) is 5.30. The number of nitrogens with zero attached hydrogens (tertiary/aromatic N) is 5. The van der Waals surface area contributed by atoms with E-state index >= 15 is 4.39 Å². The van der Waals surface area contributed by atoms with Gasteiger partial charge in [0.15, 0.2) is 5.82 Å². The number of hydrogen-bond acceptors (Lipinski definition) is 8. The molecule has 0 radical (unpaired) electrons. The molecule has 3 aromatic carbocycles. The van der Waals surface area contributed by atoms with Crippen LogP contribution in [-0.4, -0.2) is 72.4 Å². The first kappa shape index (κ1) is 29.7. The van der Waals surface area contributed by atoms with Crippen LogP contribution in [0.25, 0.3) is 33.4 Å². The smallest absolute Gasteiger partial charge is 0.323 e. The van der Waals surface area contributed by atoms with Gasteiger partial charge in [-0.25, -0.2) is 19.2 Å². The molecule has 3 amide bonds. The fourth-order valence-corrected chi connectivity index (χ4v) is 5.30. The minimum absolute atomic E-state index is 0.00876. The summed E-state index contributed by atoms with van der Waals surface area (Å²) in [5.74, 6) is 1.00.